The molecule has 0 aromatic carbocycles. The van der Waals surface area contributed by atoms with Gasteiger partial charge in [-0.2, -0.15) is 39.5 Å². The molecular weight excluding hydrogens is 250 g/mol. The Bertz CT molecular complexity index is 224. The zero-order chi connectivity index (χ0) is 12.7. The first-order valence-electron chi connectivity index (χ1n) is 3.07. The van der Waals surface area contributed by atoms with Crippen LogP contribution in [0.2, 0.25) is 0 Å². The van der Waals surface area contributed by atoms with E-state index in [9.17, 15) is 43.9 Å². The monoisotopic (exact) mass is 252 g/mol. The van der Waals surface area contributed by atoms with Gasteiger partial charge in [-0.3, -0.25) is 0 Å². The van der Waals surface area contributed by atoms with Crippen molar-refractivity contribution in [3.63, 3.8) is 0 Å². The second-order valence-electron chi connectivity index (χ2n) is 2.48. The Morgan fingerprint density at radius 1 is 0.600 bits per heavy atom. The van der Waals surface area contributed by atoms with Crippen molar-refractivity contribution in [1.82, 2.24) is 0 Å². The van der Waals surface area contributed by atoms with Crippen LogP contribution >= 0.6 is 0 Å². The summed E-state index contributed by atoms with van der Waals surface area (Å²) in [5.41, 5.74) is 0. The van der Waals surface area contributed by atoms with Gasteiger partial charge in [-0.1, -0.05) is 0 Å². The summed E-state index contributed by atoms with van der Waals surface area (Å²) in [6.45, 7) is -3.33. The van der Waals surface area contributed by atoms with E-state index in [0.29, 0.717) is 0 Å². The molecule has 0 unspecified atom stereocenters. The van der Waals surface area contributed by atoms with Crippen LogP contribution in [-0.4, -0.2) is 30.6 Å². The van der Waals surface area contributed by atoms with Crippen molar-refractivity contribution in [3.8, 4) is 0 Å². The van der Waals surface area contributed by atoms with Crippen molar-refractivity contribution in [2.24, 2.45) is 0 Å². The lowest BCUT2D eigenvalue weighted by Crippen LogP contribution is -2.61. The molecule has 0 aliphatic carbocycles. The van der Waals surface area contributed by atoms with Crippen LogP contribution in [0.3, 0.4) is 0 Å². The fourth-order valence-corrected chi connectivity index (χ4v) is 0.492. The van der Waals surface area contributed by atoms with Gasteiger partial charge in [0.25, 0.3) is 0 Å². The molecular formula is C5H2F10. The van der Waals surface area contributed by atoms with Gasteiger partial charge in [0, 0.05) is 0 Å². The Kier molecular flexibility index (Phi) is 3.25. The minimum absolute atomic E-state index is 3.33. The van der Waals surface area contributed by atoms with Gasteiger partial charge in [0.05, 0.1) is 0 Å². The largest absolute Gasteiger partial charge is 0.460 e. The molecule has 0 heterocycles. The second kappa shape index (κ2) is 3.41. The maximum atomic E-state index is 12.0. The van der Waals surface area contributed by atoms with Crippen LogP contribution in [0, 0.1) is 0 Å². The van der Waals surface area contributed by atoms with Gasteiger partial charge in [0.2, 0.25) is 0 Å². The Labute approximate surface area is 75.9 Å². The molecule has 0 rings (SSSR count). The summed E-state index contributed by atoms with van der Waals surface area (Å²) in [7, 11) is 0. The van der Waals surface area contributed by atoms with Gasteiger partial charge in [-0.15, -0.1) is 0 Å². The minimum Gasteiger partial charge on any atom is -0.244 e. The Balaban J connectivity index is 5.38. The molecule has 0 nitrogen and oxygen atoms in total. The smallest absolute Gasteiger partial charge is 0.244 e. The summed E-state index contributed by atoms with van der Waals surface area (Å²) in [6, 6.07) is 0. The van der Waals surface area contributed by atoms with E-state index in [1.807, 2.05) is 0 Å². The van der Waals surface area contributed by atoms with Crippen molar-refractivity contribution in [1.29, 1.82) is 0 Å². The van der Waals surface area contributed by atoms with E-state index in [4.69, 9.17) is 0 Å². The maximum absolute atomic E-state index is 12.0. The van der Waals surface area contributed by atoms with Crippen molar-refractivity contribution in [2.75, 3.05) is 6.67 Å². The molecule has 0 saturated heterocycles. The first kappa shape index (κ1) is 14.3. The summed E-state index contributed by atoms with van der Waals surface area (Å²) in [6.07, 6.45) is -6.89. The summed E-state index contributed by atoms with van der Waals surface area (Å²) in [4.78, 5) is 0. The number of hydrogen-bond acceptors (Lipinski definition) is 0. The lowest BCUT2D eigenvalue weighted by atomic mass is 10.1. The van der Waals surface area contributed by atoms with Gasteiger partial charge >= 0.3 is 23.9 Å². The van der Waals surface area contributed by atoms with Crippen molar-refractivity contribution >= 4 is 0 Å². The van der Waals surface area contributed by atoms with Gasteiger partial charge in [0.15, 0.2) is 6.67 Å². The van der Waals surface area contributed by atoms with E-state index < -0.39 is 30.6 Å². The lowest BCUT2D eigenvalue weighted by Gasteiger charge is -2.32. The Morgan fingerprint density at radius 3 is 1.13 bits per heavy atom. The Hall–Kier alpha value is -0.700. The fraction of sp³-hybridized carbons (Fsp3) is 1.00. The highest BCUT2D eigenvalue weighted by Gasteiger charge is 2.81. The molecule has 0 bridgehead atoms. The minimum atomic E-state index is -7.00. The number of rotatable bonds is 3. The van der Waals surface area contributed by atoms with E-state index in [1.165, 1.54) is 0 Å². The van der Waals surface area contributed by atoms with E-state index in [-0.39, 0.29) is 0 Å². The third-order valence-electron chi connectivity index (χ3n) is 1.38. The molecule has 0 atom stereocenters. The van der Waals surface area contributed by atoms with Gasteiger partial charge < -0.3 is 0 Å². The predicted molar refractivity (Wildman–Crippen MR) is 26.9 cm³/mol. The highest BCUT2D eigenvalue weighted by Crippen LogP contribution is 2.52. The molecule has 0 aromatic rings. The molecule has 0 saturated carbocycles. The van der Waals surface area contributed by atoms with Crippen LogP contribution in [0.15, 0.2) is 0 Å². The zero-order valence-corrected chi connectivity index (χ0v) is 6.49. The maximum Gasteiger partial charge on any atom is 0.460 e. The van der Waals surface area contributed by atoms with E-state index >= 15 is 0 Å². The summed E-state index contributed by atoms with van der Waals surface area (Å²) in [5, 5.41) is 0. The first-order chi connectivity index (χ1) is 6.31. The standard InChI is InChI=1S/C5H2F10/c6-1-2(7,8)3(9,10)4(11,12)5(13,14)15/h1H2. The normalized spacial score (nSPS) is 15.6. The molecule has 0 fully saturated rings. The van der Waals surface area contributed by atoms with Crippen LogP contribution in [-0.2, 0) is 0 Å². The third-order valence-corrected chi connectivity index (χ3v) is 1.38. The molecule has 0 aliphatic rings. The predicted octanol–water partition coefficient (Wildman–Crippen LogP) is 3.42. The highest BCUT2D eigenvalue weighted by molar-refractivity contribution is 5.00. The van der Waals surface area contributed by atoms with Gasteiger partial charge in [0.1, 0.15) is 0 Å². The van der Waals surface area contributed by atoms with Crippen molar-refractivity contribution < 1.29 is 43.9 Å². The van der Waals surface area contributed by atoms with Crippen molar-refractivity contribution in [3.05, 3.63) is 0 Å². The highest BCUT2D eigenvalue weighted by atomic mass is 19.4. The fourth-order valence-electron chi connectivity index (χ4n) is 0.492. The molecule has 0 radical (unpaired) electrons. The Morgan fingerprint density at radius 2 is 0.933 bits per heavy atom. The molecule has 0 N–H and O–H groups in total. The van der Waals surface area contributed by atoms with E-state index in [1.54, 1.807) is 0 Å². The summed E-state index contributed by atoms with van der Waals surface area (Å²) >= 11 is 0. The average Bonchev–Trinajstić information content (AvgIpc) is 2.01. The van der Waals surface area contributed by atoms with E-state index in [2.05, 4.69) is 0 Å². The van der Waals surface area contributed by atoms with E-state index in [0.717, 1.165) is 0 Å². The summed E-state index contributed by atoms with van der Waals surface area (Å²) in [5.74, 6) is -19.9. The quantitative estimate of drug-likeness (QED) is 0.675. The first-order valence-corrected chi connectivity index (χ1v) is 3.07. The number of alkyl halides is 10. The SMILES string of the molecule is FCC(F)(F)C(F)(F)C(F)(F)C(F)(F)F. The lowest BCUT2D eigenvalue weighted by molar-refractivity contribution is -0.397. The zero-order valence-electron chi connectivity index (χ0n) is 6.49. The molecule has 0 aliphatic heterocycles. The molecule has 0 amide bonds. The van der Waals surface area contributed by atoms with Gasteiger partial charge in [-0.25, -0.2) is 4.39 Å². The summed E-state index contributed by atoms with van der Waals surface area (Å²) < 4.78 is 117. The van der Waals surface area contributed by atoms with Crippen LogP contribution in [0.25, 0.3) is 0 Å². The van der Waals surface area contributed by atoms with Crippen LogP contribution in [0.1, 0.15) is 0 Å². The molecule has 10 heteroatoms. The van der Waals surface area contributed by atoms with Crippen LogP contribution in [0.4, 0.5) is 43.9 Å². The number of hydrogen-bond donors (Lipinski definition) is 0. The molecule has 15 heavy (non-hydrogen) atoms. The molecule has 0 aromatic heterocycles. The average molecular weight is 252 g/mol. The molecule has 92 valence electrons. The second-order valence-corrected chi connectivity index (χ2v) is 2.48. The molecule has 0 spiro atoms. The third kappa shape index (κ3) is 1.98. The van der Waals surface area contributed by atoms with Crippen LogP contribution in [0.5, 0.6) is 0 Å². The topological polar surface area (TPSA) is 0 Å². The van der Waals surface area contributed by atoms with Crippen molar-refractivity contribution in [2.45, 2.75) is 23.9 Å². The van der Waals surface area contributed by atoms with Crippen LogP contribution < -0.4 is 0 Å². The number of halogens is 10. The van der Waals surface area contributed by atoms with Gasteiger partial charge in [-0.05, 0) is 0 Å².